The lowest BCUT2D eigenvalue weighted by molar-refractivity contribution is -0.126. The number of carbonyl (C=O) groups is 2. The number of morpholine rings is 1. The van der Waals surface area contributed by atoms with Gasteiger partial charge in [-0.1, -0.05) is 12.1 Å². The van der Waals surface area contributed by atoms with Gasteiger partial charge in [-0.15, -0.1) is 0 Å². The fraction of sp³-hybridized carbons (Fsp3) is 0.529. The minimum absolute atomic E-state index is 0.0225. The van der Waals surface area contributed by atoms with Crippen molar-refractivity contribution in [1.82, 2.24) is 15.5 Å². The Labute approximate surface area is 141 Å². The Hall–Kier alpha value is -1.99. The van der Waals surface area contributed by atoms with Gasteiger partial charge in [-0.05, 0) is 24.1 Å². The lowest BCUT2D eigenvalue weighted by Crippen LogP contribution is -2.43. The van der Waals surface area contributed by atoms with Gasteiger partial charge in [0.15, 0.2) is 0 Å². The molecule has 2 amide bonds. The number of aryl methyl sites for hydroxylation is 1. The van der Waals surface area contributed by atoms with E-state index in [4.69, 9.17) is 4.74 Å². The normalized spacial score (nSPS) is 15.0. The van der Waals surface area contributed by atoms with Crippen LogP contribution in [0.3, 0.4) is 0 Å². The van der Waals surface area contributed by atoms with Gasteiger partial charge in [0, 0.05) is 32.6 Å². The second kappa shape index (κ2) is 10.00. The molecule has 0 unspecified atom stereocenters. The fourth-order valence-electron chi connectivity index (χ4n) is 2.42. The highest BCUT2D eigenvalue weighted by molar-refractivity contribution is 5.84. The predicted octanol–water partition coefficient (Wildman–Crippen LogP) is 0.323. The van der Waals surface area contributed by atoms with Gasteiger partial charge in [0.1, 0.15) is 5.82 Å². The van der Waals surface area contributed by atoms with E-state index in [1.807, 2.05) is 0 Å². The van der Waals surface area contributed by atoms with E-state index < -0.39 is 0 Å². The molecule has 1 heterocycles. The van der Waals surface area contributed by atoms with Crippen LogP contribution in [0, 0.1) is 5.82 Å². The van der Waals surface area contributed by atoms with Crippen molar-refractivity contribution in [2.24, 2.45) is 0 Å². The Bertz CT molecular complexity index is 530. The number of ether oxygens (including phenoxy) is 1. The maximum Gasteiger partial charge on any atom is 0.239 e. The Morgan fingerprint density at radius 3 is 2.50 bits per heavy atom. The van der Waals surface area contributed by atoms with E-state index in [0.717, 1.165) is 38.4 Å². The first-order valence-corrected chi connectivity index (χ1v) is 8.21. The summed E-state index contributed by atoms with van der Waals surface area (Å²) in [7, 11) is 0. The molecule has 2 N–H and O–H groups in total. The second-order valence-corrected chi connectivity index (χ2v) is 5.71. The second-order valence-electron chi connectivity index (χ2n) is 5.71. The number of halogens is 1. The van der Waals surface area contributed by atoms with Gasteiger partial charge in [-0.3, -0.25) is 14.5 Å². The van der Waals surface area contributed by atoms with E-state index in [2.05, 4.69) is 15.5 Å². The summed E-state index contributed by atoms with van der Waals surface area (Å²) in [5.41, 5.74) is 0.890. The maximum atomic E-state index is 12.8. The molecule has 1 aliphatic heterocycles. The molecule has 0 atom stereocenters. The minimum Gasteiger partial charge on any atom is -0.379 e. The Kier molecular flexibility index (Phi) is 7.64. The molecular weight excluding hydrogens is 313 g/mol. The van der Waals surface area contributed by atoms with Gasteiger partial charge in [0.2, 0.25) is 11.8 Å². The maximum absolute atomic E-state index is 12.8. The summed E-state index contributed by atoms with van der Waals surface area (Å²) in [4.78, 5) is 25.6. The van der Waals surface area contributed by atoms with Gasteiger partial charge >= 0.3 is 0 Å². The van der Waals surface area contributed by atoms with Crippen LogP contribution in [-0.2, 0) is 20.7 Å². The SMILES string of the molecule is O=C(CCc1ccc(F)cc1)NCC(=O)NCCN1CCOCC1. The van der Waals surface area contributed by atoms with Crippen molar-refractivity contribution in [3.63, 3.8) is 0 Å². The molecule has 132 valence electrons. The van der Waals surface area contributed by atoms with Crippen LogP contribution in [0.2, 0.25) is 0 Å². The van der Waals surface area contributed by atoms with E-state index in [9.17, 15) is 14.0 Å². The molecule has 1 saturated heterocycles. The highest BCUT2D eigenvalue weighted by Crippen LogP contribution is 2.05. The molecule has 1 aromatic rings. The Morgan fingerprint density at radius 1 is 1.08 bits per heavy atom. The highest BCUT2D eigenvalue weighted by Gasteiger charge is 2.10. The number of nitrogens with zero attached hydrogens (tertiary/aromatic N) is 1. The van der Waals surface area contributed by atoms with Crippen molar-refractivity contribution >= 4 is 11.8 Å². The van der Waals surface area contributed by atoms with Crippen molar-refractivity contribution in [2.45, 2.75) is 12.8 Å². The molecule has 1 aromatic carbocycles. The molecule has 0 saturated carbocycles. The van der Waals surface area contributed by atoms with Crippen LogP contribution < -0.4 is 10.6 Å². The largest absolute Gasteiger partial charge is 0.379 e. The summed E-state index contributed by atoms with van der Waals surface area (Å²) in [6.45, 7) is 4.56. The average molecular weight is 337 g/mol. The first-order valence-electron chi connectivity index (χ1n) is 8.21. The van der Waals surface area contributed by atoms with Gasteiger partial charge in [0.25, 0.3) is 0 Å². The van der Waals surface area contributed by atoms with Crippen LogP contribution in [0.15, 0.2) is 24.3 Å². The zero-order valence-corrected chi connectivity index (χ0v) is 13.7. The molecule has 2 rings (SSSR count). The third kappa shape index (κ3) is 7.06. The van der Waals surface area contributed by atoms with Crippen molar-refractivity contribution in [2.75, 3.05) is 45.9 Å². The van der Waals surface area contributed by atoms with Crippen molar-refractivity contribution < 1.29 is 18.7 Å². The smallest absolute Gasteiger partial charge is 0.239 e. The minimum atomic E-state index is -0.294. The summed E-state index contributed by atoms with van der Waals surface area (Å²) in [6.07, 6.45) is 0.789. The van der Waals surface area contributed by atoms with E-state index in [-0.39, 0.29) is 30.6 Å². The van der Waals surface area contributed by atoms with Crippen molar-refractivity contribution in [3.05, 3.63) is 35.6 Å². The lowest BCUT2D eigenvalue weighted by atomic mass is 10.1. The van der Waals surface area contributed by atoms with Gasteiger partial charge < -0.3 is 15.4 Å². The molecule has 1 aliphatic rings. The molecule has 0 spiro atoms. The Balaban J connectivity index is 1.53. The number of hydrogen-bond acceptors (Lipinski definition) is 4. The van der Waals surface area contributed by atoms with E-state index in [1.165, 1.54) is 12.1 Å². The fourth-order valence-corrected chi connectivity index (χ4v) is 2.42. The van der Waals surface area contributed by atoms with Gasteiger partial charge in [0.05, 0.1) is 19.8 Å². The van der Waals surface area contributed by atoms with E-state index >= 15 is 0 Å². The van der Waals surface area contributed by atoms with Gasteiger partial charge in [-0.2, -0.15) is 0 Å². The molecule has 24 heavy (non-hydrogen) atoms. The highest BCUT2D eigenvalue weighted by atomic mass is 19.1. The zero-order valence-electron chi connectivity index (χ0n) is 13.7. The number of benzene rings is 1. The predicted molar refractivity (Wildman–Crippen MR) is 88.0 cm³/mol. The van der Waals surface area contributed by atoms with Crippen LogP contribution in [0.25, 0.3) is 0 Å². The molecule has 0 aromatic heterocycles. The zero-order chi connectivity index (χ0) is 17.2. The summed E-state index contributed by atoms with van der Waals surface area (Å²) in [5, 5.41) is 5.38. The number of rotatable bonds is 8. The van der Waals surface area contributed by atoms with Crippen LogP contribution in [0.4, 0.5) is 4.39 Å². The topological polar surface area (TPSA) is 70.7 Å². The van der Waals surface area contributed by atoms with Crippen LogP contribution in [0.5, 0.6) is 0 Å². The molecular formula is C17H24FN3O3. The summed E-state index contributed by atoms with van der Waals surface area (Å²) in [6, 6.07) is 6.05. The molecule has 0 aliphatic carbocycles. The third-order valence-corrected chi connectivity index (χ3v) is 3.85. The first-order chi connectivity index (χ1) is 11.6. The van der Waals surface area contributed by atoms with Crippen molar-refractivity contribution in [3.8, 4) is 0 Å². The van der Waals surface area contributed by atoms with Gasteiger partial charge in [-0.25, -0.2) is 4.39 Å². The number of carbonyl (C=O) groups excluding carboxylic acids is 2. The Morgan fingerprint density at radius 2 is 1.79 bits per heavy atom. The number of nitrogens with one attached hydrogen (secondary N) is 2. The standard InChI is InChI=1S/C17H24FN3O3/c18-15-4-1-14(2-5-15)3-6-16(22)20-13-17(23)19-7-8-21-9-11-24-12-10-21/h1-2,4-5H,3,6-13H2,(H,19,23)(H,20,22). The lowest BCUT2D eigenvalue weighted by Gasteiger charge is -2.26. The van der Waals surface area contributed by atoms with E-state index in [1.54, 1.807) is 12.1 Å². The summed E-state index contributed by atoms with van der Waals surface area (Å²) in [5.74, 6) is -0.682. The van der Waals surface area contributed by atoms with Crippen molar-refractivity contribution in [1.29, 1.82) is 0 Å². The summed E-state index contributed by atoms with van der Waals surface area (Å²) >= 11 is 0. The number of amides is 2. The quantitative estimate of drug-likeness (QED) is 0.717. The molecule has 0 bridgehead atoms. The third-order valence-electron chi connectivity index (χ3n) is 3.85. The van der Waals surface area contributed by atoms with E-state index in [0.29, 0.717) is 13.0 Å². The summed E-state index contributed by atoms with van der Waals surface area (Å²) < 4.78 is 18.0. The van der Waals surface area contributed by atoms with Crippen LogP contribution >= 0.6 is 0 Å². The molecule has 1 fully saturated rings. The molecule has 6 nitrogen and oxygen atoms in total. The average Bonchev–Trinajstić information content (AvgIpc) is 2.60. The first kappa shape index (κ1) is 18.4. The molecule has 7 heteroatoms. The van der Waals surface area contributed by atoms with Crippen LogP contribution in [-0.4, -0.2) is 62.7 Å². The monoisotopic (exact) mass is 337 g/mol. The van der Waals surface area contributed by atoms with Crippen LogP contribution in [0.1, 0.15) is 12.0 Å². The number of hydrogen-bond donors (Lipinski definition) is 2. The molecule has 0 radical (unpaired) electrons.